The maximum atomic E-state index is 11.9. The highest BCUT2D eigenvalue weighted by molar-refractivity contribution is 7.14. The van der Waals surface area contributed by atoms with E-state index in [0.29, 0.717) is 5.13 Å². The first-order valence-corrected chi connectivity index (χ1v) is 7.61. The van der Waals surface area contributed by atoms with Crippen molar-refractivity contribution in [2.45, 2.75) is 25.3 Å². The van der Waals surface area contributed by atoms with Crippen LogP contribution in [0.3, 0.4) is 0 Å². The molecule has 0 aliphatic heterocycles. The molecule has 1 saturated carbocycles. The molecule has 0 radical (unpaired) electrons. The van der Waals surface area contributed by atoms with Gasteiger partial charge in [0.1, 0.15) is 5.75 Å². The van der Waals surface area contributed by atoms with Crippen molar-refractivity contribution in [3.8, 4) is 17.0 Å². The Bertz CT molecular complexity index is 698. The smallest absolute Gasteiger partial charge is 0.246 e. The average Bonchev–Trinajstić information content (AvgIpc) is 3.06. The van der Waals surface area contributed by atoms with E-state index in [0.717, 1.165) is 35.4 Å². The third kappa shape index (κ3) is 3.24. The lowest BCUT2D eigenvalue weighted by atomic mass is 10.1. The first-order chi connectivity index (χ1) is 10.0. The lowest BCUT2D eigenvalue weighted by molar-refractivity contribution is -0.118. The molecule has 1 aromatic heterocycles. The predicted octanol–water partition coefficient (Wildman–Crippen LogP) is 2.98. The molecule has 1 aliphatic carbocycles. The number of methoxy groups -OCH3 is 1. The third-order valence-electron chi connectivity index (χ3n) is 3.60. The number of rotatable bonds is 4. The van der Waals surface area contributed by atoms with Gasteiger partial charge in [0.15, 0.2) is 5.13 Å². The highest BCUT2D eigenvalue weighted by Crippen LogP contribution is 2.35. The van der Waals surface area contributed by atoms with Gasteiger partial charge in [0.05, 0.1) is 18.3 Å². The van der Waals surface area contributed by atoms with Crippen molar-refractivity contribution in [2.75, 3.05) is 12.4 Å². The molecule has 1 aliphatic rings. The maximum Gasteiger partial charge on any atom is 0.246 e. The number of benzene rings is 1. The van der Waals surface area contributed by atoms with Crippen LogP contribution < -0.4 is 15.8 Å². The van der Waals surface area contributed by atoms with Crippen molar-refractivity contribution < 1.29 is 9.53 Å². The van der Waals surface area contributed by atoms with Gasteiger partial charge in [-0.15, -0.1) is 23.7 Å². The van der Waals surface area contributed by atoms with Crippen LogP contribution in [-0.4, -0.2) is 23.5 Å². The monoisotopic (exact) mass is 339 g/mol. The predicted molar refractivity (Wildman–Crippen MR) is 90.9 cm³/mol. The maximum absolute atomic E-state index is 11.9. The van der Waals surface area contributed by atoms with Crippen LogP contribution in [0.2, 0.25) is 0 Å². The van der Waals surface area contributed by atoms with Gasteiger partial charge in [0, 0.05) is 10.9 Å². The van der Waals surface area contributed by atoms with Crippen LogP contribution in [0, 0.1) is 6.92 Å². The first kappa shape index (κ1) is 16.7. The molecule has 0 bridgehead atoms. The Morgan fingerprint density at radius 3 is 2.82 bits per heavy atom. The number of hydrogen-bond acceptors (Lipinski definition) is 5. The standard InChI is InChI=1S/C15H17N3O2S.ClH/c1-9-3-4-12(20-2)10(7-9)11-8-21-14(17-11)18-13(19)15(16)5-6-15;/h3-4,7-8H,5-6,16H2,1-2H3,(H,17,18,19);1H. The van der Waals surface area contributed by atoms with Crippen molar-refractivity contribution in [1.82, 2.24) is 4.98 Å². The Balaban J connectivity index is 0.00000176. The zero-order valence-electron chi connectivity index (χ0n) is 12.4. The van der Waals surface area contributed by atoms with Crippen LogP contribution in [-0.2, 0) is 4.79 Å². The second-order valence-electron chi connectivity index (χ2n) is 5.35. The molecule has 118 valence electrons. The Labute approximate surface area is 139 Å². The zero-order chi connectivity index (χ0) is 15.0. The van der Waals surface area contributed by atoms with Crippen molar-refractivity contribution >= 4 is 34.8 Å². The molecule has 0 atom stereocenters. The van der Waals surface area contributed by atoms with Crippen LogP contribution in [0.4, 0.5) is 5.13 Å². The number of carbonyl (C=O) groups excluding carboxylic acids is 1. The Hall–Kier alpha value is -1.63. The number of amides is 1. The fraction of sp³-hybridized carbons (Fsp3) is 0.333. The number of aryl methyl sites for hydroxylation is 1. The number of anilines is 1. The summed E-state index contributed by atoms with van der Waals surface area (Å²) in [6.07, 6.45) is 1.48. The number of nitrogens with two attached hydrogens (primary N) is 1. The van der Waals surface area contributed by atoms with Gasteiger partial charge in [-0.1, -0.05) is 11.6 Å². The second-order valence-corrected chi connectivity index (χ2v) is 6.21. The number of halogens is 1. The van der Waals surface area contributed by atoms with Gasteiger partial charge in [-0.05, 0) is 31.9 Å². The average molecular weight is 340 g/mol. The van der Waals surface area contributed by atoms with E-state index in [1.165, 1.54) is 11.3 Å². The summed E-state index contributed by atoms with van der Waals surface area (Å²) < 4.78 is 5.37. The van der Waals surface area contributed by atoms with Gasteiger partial charge in [-0.2, -0.15) is 0 Å². The molecule has 2 aromatic rings. The largest absolute Gasteiger partial charge is 0.496 e. The van der Waals surface area contributed by atoms with Crippen molar-refractivity contribution in [1.29, 1.82) is 0 Å². The number of carbonyl (C=O) groups is 1. The van der Waals surface area contributed by atoms with E-state index in [-0.39, 0.29) is 18.3 Å². The minimum Gasteiger partial charge on any atom is -0.496 e. The molecule has 3 rings (SSSR count). The highest BCUT2D eigenvalue weighted by atomic mass is 35.5. The summed E-state index contributed by atoms with van der Waals surface area (Å²) in [5, 5.41) is 5.26. The van der Waals surface area contributed by atoms with Gasteiger partial charge in [-0.3, -0.25) is 4.79 Å². The Kier molecular flexibility index (Phi) is 4.75. The summed E-state index contributed by atoms with van der Waals surface area (Å²) in [6.45, 7) is 2.02. The van der Waals surface area contributed by atoms with E-state index in [9.17, 15) is 4.79 Å². The van der Waals surface area contributed by atoms with E-state index in [1.54, 1.807) is 7.11 Å². The second kappa shape index (κ2) is 6.24. The lowest BCUT2D eigenvalue weighted by Gasteiger charge is -2.08. The molecule has 0 spiro atoms. The summed E-state index contributed by atoms with van der Waals surface area (Å²) in [5.74, 6) is 0.612. The van der Waals surface area contributed by atoms with Crippen LogP contribution in [0.15, 0.2) is 23.6 Å². The van der Waals surface area contributed by atoms with Gasteiger partial charge in [0.25, 0.3) is 0 Å². The summed E-state index contributed by atoms with van der Waals surface area (Å²) in [7, 11) is 1.63. The molecule has 0 unspecified atom stereocenters. The fourth-order valence-electron chi connectivity index (χ4n) is 2.06. The Morgan fingerprint density at radius 2 is 2.18 bits per heavy atom. The summed E-state index contributed by atoms with van der Waals surface area (Å²) in [6, 6.07) is 5.93. The minimum absolute atomic E-state index is 0. The van der Waals surface area contributed by atoms with Gasteiger partial charge >= 0.3 is 0 Å². The fourth-order valence-corrected chi connectivity index (χ4v) is 2.77. The highest BCUT2D eigenvalue weighted by Gasteiger charge is 2.46. The molecule has 7 heteroatoms. The first-order valence-electron chi connectivity index (χ1n) is 6.73. The molecule has 0 saturated heterocycles. The number of ether oxygens (including phenoxy) is 1. The number of hydrogen-bond donors (Lipinski definition) is 2. The van der Waals surface area contributed by atoms with Crippen LogP contribution in [0.5, 0.6) is 5.75 Å². The molecule has 1 fully saturated rings. The number of thiazole rings is 1. The molecular formula is C15H18ClN3O2S. The molecule has 3 N–H and O–H groups in total. The van der Waals surface area contributed by atoms with Crippen LogP contribution >= 0.6 is 23.7 Å². The zero-order valence-corrected chi connectivity index (χ0v) is 14.0. The third-order valence-corrected chi connectivity index (χ3v) is 4.35. The van der Waals surface area contributed by atoms with Crippen molar-refractivity contribution in [2.24, 2.45) is 5.73 Å². The summed E-state index contributed by atoms with van der Waals surface area (Å²) >= 11 is 1.39. The van der Waals surface area contributed by atoms with E-state index in [1.807, 2.05) is 30.5 Å². The summed E-state index contributed by atoms with van der Waals surface area (Å²) in [4.78, 5) is 16.4. The van der Waals surface area contributed by atoms with Crippen LogP contribution in [0.1, 0.15) is 18.4 Å². The van der Waals surface area contributed by atoms with Crippen molar-refractivity contribution in [3.63, 3.8) is 0 Å². The van der Waals surface area contributed by atoms with E-state index >= 15 is 0 Å². The summed E-state index contributed by atoms with van der Waals surface area (Å²) in [5.41, 5.74) is 8.02. The van der Waals surface area contributed by atoms with E-state index in [4.69, 9.17) is 10.5 Å². The normalized spacial score (nSPS) is 14.9. The topological polar surface area (TPSA) is 77.2 Å². The SMILES string of the molecule is COc1ccc(C)cc1-c1csc(NC(=O)C2(N)CC2)n1.Cl. The van der Waals surface area contributed by atoms with Crippen LogP contribution in [0.25, 0.3) is 11.3 Å². The van der Waals surface area contributed by atoms with E-state index < -0.39 is 5.54 Å². The molecule has 5 nitrogen and oxygen atoms in total. The Morgan fingerprint density at radius 1 is 1.45 bits per heavy atom. The molecule has 1 amide bonds. The number of aromatic nitrogens is 1. The molecule has 22 heavy (non-hydrogen) atoms. The van der Waals surface area contributed by atoms with Gasteiger partial charge in [-0.25, -0.2) is 4.98 Å². The molecular weight excluding hydrogens is 322 g/mol. The van der Waals surface area contributed by atoms with Gasteiger partial charge in [0.2, 0.25) is 5.91 Å². The molecule has 1 heterocycles. The number of nitrogens with one attached hydrogen (secondary N) is 1. The van der Waals surface area contributed by atoms with Crippen molar-refractivity contribution in [3.05, 3.63) is 29.1 Å². The van der Waals surface area contributed by atoms with Gasteiger partial charge < -0.3 is 15.8 Å². The van der Waals surface area contributed by atoms with E-state index in [2.05, 4.69) is 10.3 Å². The lowest BCUT2D eigenvalue weighted by Crippen LogP contribution is -2.37. The molecule has 1 aromatic carbocycles. The number of nitrogens with zero attached hydrogens (tertiary/aromatic N) is 1. The minimum atomic E-state index is -0.688. The quantitative estimate of drug-likeness (QED) is 0.897.